The number of hydrogen-bond acceptors (Lipinski definition) is 7. The van der Waals surface area contributed by atoms with Crippen LogP contribution < -0.4 is 4.74 Å². The van der Waals surface area contributed by atoms with Crippen molar-refractivity contribution in [1.29, 1.82) is 0 Å². The van der Waals surface area contributed by atoms with E-state index in [0.717, 1.165) is 6.42 Å². The molecule has 3 heterocycles. The summed E-state index contributed by atoms with van der Waals surface area (Å²) in [5.74, 6) is 1.51. The minimum atomic E-state index is -0.359. The summed E-state index contributed by atoms with van der Waals surface area (Å²) in [4.78, 5) is 27.4. The summed E-state index contributed by atoms with van der Waals surface area (Å²) in [5.41, 5.74) is 1.95. The molecule has 0 bridgehead atoms. The minimum absolute atomic E-state index is 0.103. The van der Waals surface area contributed by atoms with Gasteiger partial charge in [-0.1, -0.05) is 37.3 Å². The molecule has 0 atom stereocenters. The molecule has 39 heavy (non-hydrogen) atoms. The summed E-state index contributed by atoms with van der Waals surface area (Å²) < 4.78 is 28.0. The molecule has 198 valence electrons. The maximum absolute atomic E-state index is 14.7. The van der Waals surface area contributed by atoms with Crippen LogP contribution >= 0.6 is 0 Å². The van der Waals surface area contributed by atoms with Gasteiger partial charge in [0.05, 0.1) is 30.4 Å². The molecular weight excluding hydrogens is 499 g/mol. The Hall–Kier alpha value is -4.86. The van der Waals surface area contributed by atoms with Crippen LogP contribution in [0.15, 0.2) is 70.1 Å². The summed E-state index contributed by atoms with van der Waals surface area (Å²) >= 11 is 0. The lowest BCUT2D eigenvalue weighted by Gasteiger charge is -2.11. The van der Waals surface area contributed by atoms with Gasteiger partial charge in [-0.15, -0.1) is 0 Å². The first-order chi connectivity index (χ1) is 19.0. The van der Waals surface area contributed by atoms with Gasteiger partial charge in [0, 0.05) is 19.7 Å². The smallest absolute Gasteiger partial charge is 0.185 e. The number of carbonyl (C=O) groups is 1. The Morgan fingerprint density at radius 1 is 1.08 bits per heavy atom. The molecular formula is C29H27FN6O3. The summed E-state index contributed by atoms with van der Waals surface area (Å²) in [5, 5.41) is 5.26. The molecule has 0 aliphatic heterocycles. The highest BCUT2D eigenvalue weighted by Crippen LogP contribution is 2.37. The zero-order chi connectivity index (χ0) is 27.4. The topological polar surface area (TPSA) is 98.6 Å². The highest BCUT2D eigenvalue weighted by Gasteiger charge is 2.24. The van der Waals surface area contributed by atoms with Crippen molar-refractivity contribution in [1.82, 2.24) is 24.6 Å². The van der Waals surface area contributed by atoms with Gasteiger partial charge < -0.3 is 14.1 Å². The van der Waals surface area contributed by atoms with Gasteiger partial charge in [0.1, 0.15) is 17.3 Å². The van der Waals surface area contributed by atoms with Crippen LogP contribution in [0.1, 0.15) is 29.5 Å². The van der Waals surface area contributed by atoms with Crippen LogP contribution in [-0.4, -0.2) is 58.0 Å². The lowest BCUT2D eigenvalue weighted by Crippen LogP contribution is -2.08. The first-order valence-corrected chi connectivity index (χ1v) is 12.5. The van der Waals surface area contributed by atoms with E-state index >= 15 is 0 Å². The Kier molecular flexibility index (Phi) is 7.44. The van der Waals surface area contributed by atoms with Gasteiger partial charge in [0.15, 0.2) is 35.1 Å². The Morgan fingerprint density at radius 2 is 1.87 bits per heavy atom. The van der Waals surface area contributed by atoms with Crippen LogP contribution in [0.5, 0.6) is 5.75 Å². The van der Waals surface area contributed by atoms with Gasteiger partial charge in [-0.25, -0.2) is 24.0 Å². The number of aliphatic imine (C=N–C) groups is 1. The molecule has 10 heteroatoms. The SMILES string of the molecule is CCCOc1ccccc1-c1nc(N=CN(C)C)c2c(-c3ccc(C=O)o3)nn(Cc3ccccc3F)c2n1. The molecule has 0 saturated carbocycles. The van der Waals surface area contributed by atoms with Crippen molar-refractivity contribution >= 4 is 29.5 Å². The maximum atomic E-state index is 14.7. The van der Waals surface area contributed by atoms with Gasteiger partial charge in [-0.05, 0) is 36.8 Å². The van der Waals surface area contributed by atoms with Crippen molar-refractivity contribution in [3.8, 4) is 28.6 Å². The number of aromatic nitrogens is 4. The minimum Gasteiger partial charge on any atom is -0.493 e. The number of ether oxygens (including phenoxy) is 1. The highest BCUT2D eigenvalue weighted by atomic mass is 19.1. The molecule has 0 radical (unpaired) electrons. The van der Waals surface area contributed by atoms with E-state index in [2.05, 4.69) is 4.99 Å². The molecule has 5 aromatic rings. The van der Waals surface area contributed by atoms with Crippen LogP contribution in [0.4, 0.5) is 10.2 Å². The largest absolute Gasteiger partial charge is 0.493 e. The van der Waals surface area contributed by atoms with Crippen LogP contribution in [0.2, 0.25) is 0 Å². The van der Waals surface area contributed by atoms with Crippen molar-refractivity contribution in [2.24, 2.45) is 4.99 Å². The zero-order valence-electron chi connectivity index (χ0n) is 21.8. The maximum Gasteiger partial charge on any atom is 0.185 e. The quantitative estimate of drug-likeness (QED) is 0.130. The lowest BCUT2D eigenvalue weighted by atomic mass is 10.1. The molecule has 0 saturated heterocycles. The standard InChI is InChI=1S/C29H27FN6O3/c1-4-15-38-23-12-8-6-10-21(23)27-32-28(31-18-35(2)3)25-26(24-14-13-20(17-37)39-24)34-36(29(25)33-27)16-19-9-5-7-11-22(19)30/h5-14,17-18H,4,15-16H2,1-3H3. The number of carbonyl (C=O) groups excluding carboxylic acids is 1. The van der Waals surface area contributed by atoms with Crippen LogP contribution in [0.3, 0.4) is 0 Å². The molecule has 0 unspecified atom stereocenters. The molecule has 9 nitrogen and oxygen atoms in total. The third-order valence-electron chi connectivity index (χ3n) is 5.83. The molecule has 0 spiro atoms. The second-order valence-corrected chi connectivity index (χ2v) is 9.04. The van der Waals surface area contributed by atoms with Crippen molar-refractivity contribution in [3.63, 3.8) is 0 Å². The highest BCUT2D eigenvalue weighted by molar-refractivity contribution is 5.99. The second-order valence-electron chi connectivity index (χ2n) is 9.04. The monoisotopic (exact) mass is 526 g/mol. The summed E-state index contributed by atoms with van der Waals surface area (Å²) in [7, 11) is 3.70. The zero-order valence-corrected chi connectivity index (χ0v) is 21.8. The number of fused-ring (bicyclic) bond motifs is 1. The predicted molar refractivity (Wildman–Crippen MR) is 147 cm³/mol. The Labute approximate surface area is 224 Å². The number of para-hydroxylation sites is 1. The van der Waals surface area contributed by atoms with Crippen molar-refractivity contribution in [2.75, 3.05) is 20.7 Å². The Morgan fingerprint density at radius 3 is 2.62 bits per heavy atom. The fourth-order valence-electron chi connectivity index (χ4n) is 4.04. The van der Waals surface area contributed by atoms with Gasteiger partial charge >= 0.3 is 0 Å². The number of halogens is 1. The number of rotatable bonds is 10. The van der Waals surface area contributed by atoms with E-state index in [1.165, 1.54) is 6.07 Å². The van der Waals surface area contributed by atoms with E-state index in [-0.39, 0.29) is 18.1 Å². The number of benzene rings is 2. The first kappa shape index (κ1) is 25.8. The third kappa shape index (κ3) is 5.40. The van der Waals surface area contributed by atoms with Crippen LogP contribution in [0.25, 0.3) is 33.9 Å². The van der Waals surface area contributed by atoms with E-state index in [1.54, 1.807) is 46.3 Å². The molecule has 5 rings (SSSR count). The average molecular weight is 527 g/mol. The predicted octanol–water partition coefficient (Wildman–Crippen LogP) is 5.76. The average Bonchev–Trinajstić information content (AvgIpc) is 3.57. The van der Waals surface area contributed by atoms with Crippen molar-refractivity contribution in [2.45, 2.75) is 19.9 Å². The molecule has 0 fully saturated rings. The van der Waals surface area contributed by atoms with Crippen molar-refractivity contribution in [3.05, 3.63) is 77.8 Å². The molecule has 0 aliphatic rings. The Balaban J connectivity index is 1.79. The van der Waals surface area contributed by atoms with E-state index < -0.39 is 0 Å². The van der Waals surface area contributed by atoms with E-state index in [0.29, 0.717) is 63.9 Å². The van der Waals surface area contributed by atoms with Gasteiger partial charge in [0.2, 0.25) is 0 Å². The number of hydrogen-bond donors (Lipinski definition) is 0. The van der Waals surface area contributed by atoms with E-state index in [1.807, 2.05) is 45.3 Å². The molecule has 0 amide bonds. The van der Waals surface area contributed by atoms with Gasteiger partial charge in [-0.2, -0.15) is 5.10 Å². The summed E-state index contributed by atoms with van der Waals surface area (Å²) in [6.45, 7) is 2.68. The number of nitrogens with zero attached hydrogens (tertiary/aromatic N) is 6. The fourth-order valence-corrected chi connectivity index (χ4v) is 4.04. The second kappa shape index (κ2) is 11.3. The molecule has 2 aromatic carbocycles. The summed E-state index contributed by atoms with van der Waals surface area (Å²) in [6.07, 6.45) is 3.09. The number of aldehydes is 1. The van der Waals surface area contributed by atoms with Crippen LogP contribution in [0, 0.1) is 5.82 Å². The van der Waals surface area contributed by atoms with Gasteiger partial charge in [-0.3, -0.25) is 4.79 Å². The number of furan rings is 1. The van der Waals surface area contributed by atoms with E-state index in [4.69, 9.17) is 24.2 Å². The van der Waals surface area contributed by atoms with Crippen LogP contribution in [-0.2, 0) is 6.54 Å². The van der Waals surface area contributed by atoms with E-state index in [9.17, 15) is 9.18 Å². The Bertz CT molecular complexity index is 1660. The van der Waals surface area contributed by atoms with Crippen molar-refractivity contribution < 1.29 is 18.3 Å². The normalized spacial score (nSPS) is 11.4. The molecule has 0 N–H and O–H groups in total. The molecule has 0 aliphatic carbocycles. The first-order valence-electron chi connectivity index (χ1n) is 12.5. The third-order valence-corrected chi connectivity index (χ3v) is 5.83. The lowest BCUT2D eigenvalue weighted by molar-refractivity contribution is 0.110. The fraction of sp³-hybridized carbons (Fsp3) is 0.207. The summed E-state index contributed by atoms with van der Waals surface area (Å²) in [6, 6.07) is 17.2. The molecule has 3 aromatic heterocycles. The van der Waals surface area contributed by atoms with Gasteiger partial charge in [0.25, 0.3) is 0 Å².